The van der Waals surface area contributed by atoms with Crippen LogP contribution in [0, 0.1) is 11.1 Å². The highest BCUT2D eigenvalue weighted by Crippen LogP contribution is 2.65. The number of amides is 1. The summed E-state index contributed by atoms with van der Waals surface area (Å²) in [4.78, 5) is 14.9. The lowest BCUT2D eigenvalue weighted by molar-refractivity contribution is -0.896. The molecule has 5 heteroatoms. The third-order valence-corrected chi connectivity index (χ3v) is 7.69. The average molecular weight is 350 g/mol. The maximum Gasteiger partial charge on any atom is 0.231 e. The van der Waals surface area contributed by atoms with E-state index in [1.54, 1.807) is 0 Å². The predicted octanol–water partition coefficient (Wildman–Crippen LogP) is 2.01. The molecule has 2 bridgehead atoms. The molecule has 1 aromatic carbocycles. The molecule has 3 fully saturated rings. The van der Waals surface area contributed by atoms with Crippen molar-refractivity contribution in [1.29, 1.82) is 0 Å². The van der Waals surface area contributed by atoms with Gasteiger partial charge in [0.1, 0.15) is 12.6 Å². The van der Waals surface area contributed by atoms with Gasteiger partial charge in [0, 0.05) is 30.9 Å². The number of fused-ring (bicyclic) bond motifs is 4. The molecule has 2 saturated heterocycles. The van der Waals surface area contributed by atoms with Crippen LogP contribution in [0.25, 0.3) is 0 Å². The molecule has 0 radical (unpaired) electrons. The Labute approximate surface area is 152 Å². The lowest BCUT2D eigenvalue weighted by atomic mass is 9.57. The molecule has 5 aliphatic rings. The van der Waals surface area contributed by atoms with Gasteiger partial charge in [-0.15, -0.1) is 0 Å². The third-order valence-electron chi connectivity index (χ3n) is 7.69. The Balaban J connectivity index is 1.66. The molecular weight excluding hydrogens is 328 g/mol. The van der Waals surface area contributed by atoms with Gasteiger partial charge in [0.25, 0.3) is 0 Å². The number of para-hydroxylation sites is 1. The summed E-state index contributed by atoms with van der Waals surface area (Å²) >= 11 is 0. The number of piperidine rings is 1. The van der Waals surface area contributed by atoms with Crippen molar-refractivity contribution < 1.29 is 14.5 Å². The fraction of sp³-hybridized carbons (Fsp3) is 0.476. The number of carbonyl (C=O) groups excluding carboxylic acids is 1. The van der Waals surface area contributed by atoms with E-state index in [0.29, 0.717) is 19.5 Å². The van der Waals surface area contributed by atoms with E-state index in [9.17, 15) is 15.1 Å². The lowest BCUT2D eigenvalue weighted by Crippen LogP contribution is -2.67. The van der Waals surface area contributed by atoms with E-state index in [2.05, 4.69) is 18.2 Å². The normalized spacial score (nSPS) is 43.4. The largest absolute Gasteiger partial charge is 0.632 e. The quantitative estimate of drug-likeness (QED) is 0.479. The minimum Gasteiger partial charge on any atom is -0.632 e. The van der Waals surface area contributed by atoms with Crippen LogP contribution >= 0.6 is 0 Å². The highest BCUT2D eigenvalue weighted by Gasteiger charge is 2.71. The molecule has 26 heavy (non-hydrogen) atoms. The maximum atomic E-state index is 13.8. The molecule has 0 aromatic heterocycles. The molecule has 4 heterocycles. The van der Waals surface area contributed by atoms with Gasteiger partial charge in [-0.2, -0.15) is 0 Å². The number of benzene rings is 1. The van der Waals surface area contributed by atoms with E-state index in [1.165, 1.54) is 11.1 Å². The van der Waals surface area contributed by atoms with Gasteiger partial charge < -0.3 is 19.9 Å². The van der Waals surface area contributed by atoms with Crippen LogP contribution in [0.2, 0.25) is 0 Å². The van der Waals surface area contributed by atoms with Crippen molar-refractivity contribution in [1.82, 2.24) is 0 Å². The average Bonchev–Trinajstić information content (AvgIpc) is 3.13. The topological polar surface area (TPSA) is 63.6 Å². The summed E-state index contributed by atoms with van der Waals surface area (Å²) in [6, 6.07) is 8.23. The Morgan fingerprint density at radius 3 is 3.08 bits per heavy atom. The number of anilines is 1. The number of hydrogen-bond donors (Lipinski definition) is 1. The van der Waals surface area contributed by atoms with Crippen LogP contribution < -0.4 is 4.90 Å². The molecule has 4 aliphatic heterocycles. The summed E-state index contributed by atoms with van der Waals surface area (Å²) in [7, 11) is 0. The number of aliphatic hydroxyl groups excluding tert-OH is 1. The smallest absolute Gasteiger partial charge is 0.231 e. The zero-order valence-electron chi connectivity index (χ0n) is 14.6. The molecule has 6 rings (SSSR count). The van der Waals surface area contributed by atoms with Crippen LogP contribution in [-0.2, 0) is 10.2 Å². The Morgan fingerprint density at radius 1 is 1.38 bits per heavy atom. The number of carbonyl (C=O) groups is 1. The zero-order chi connectivity index (χ0) is 17.7. The number of nitrogens with zero attached hydrogens (tertiary/aromatic N) is 2. The molecule has 1 aliphatic carbocycles. The van der Waals surface area contributed by atoms with Crippen LogP contribution in [0.15, 0.2) is 47.6 Å². The number of aliphatic hydroxyl groups is 1. The van der Waals surface area contributed by atoms with Crippen molar-refractivity contribution >= 4 is 11.6 Å². The van der Waals surface area contributed by atoms with Gasteiger partial charge in [-0.3, -0.25) is 4.79 Å². The molecule has 134 valence electrons. The molecule has 1 N–H and O–H groups in total. The Hall–Kier alpha value is -1.95. The van der Waals surface area contributed by atoms with Gasteiger partial charge in [0.2, 0.25) is 5.91 Å². The molecular formula is C21H22N2O3. The second-order valence-corrected chi connectivity index (χ2v) is 8.48. The van der Waals surface area contributed by atoms with Crippen molar-refractivity contribution in [2.45, 2.75) is 36.8 Å². The third kappa shape index (κ3) is 1.49. The van der Waals surface area contributed by atoms with E-state index in [1.807, 2.05) is 23.1 Å². The van der Waals surface area contributed by atoms with Gasteiger partial charge in [0.05, 0.1) is 24.6 Å². The van der Waals surface area contributed by atoms with Gasteiger partial charge >= 0.3 is 0 Å². The van der Waals surface area contributed by atoms with Crippen LogP contribution in [0.4, 0.5) is 5.69 Å². The zero-order valence-corrected chi connectivity index (χ0v) is 14.6. The van der Waals surface area contributed by atoms with E-state index >= 15 is 0 Å². The summed E-state index contributed by atoms with van der Waals surface area (Å²) in [6.07, 6.45) is 6.08. The maximum absolute atomic E-state index is 13.8. The molecule has 1 unspecified atom stereocenters. The first-order valence-corrected chi connectivity index (χ1v) is 9.59. The predicted molar refractivity (Wildman–Crippen MR) is 97.1 cm³/mol. The van der Waals surface area contributed by atoms with Gasteiger partial charge in [-0.05, 0) is 22.8 Å². The van der Waals surface area contributed by atoms with Gasteiger partial charge in [0.15, 0.2) is 0 Å². The molecule has 1 spiro atoms. The molecule has 5 nitrogen and oxygen atoms in total. The van der Waals surface area contributed by atoms with Crippen molar-refractivity contribution in [3.05, 3.63) is 58.3 Å². The van der Waals surface area contributed by atoms with Crippen LogP contribution in [0.1, 0.15) is 24.8 Å². The standard InChI is InChI=1S/C21H22N2O3/c24-10-7-13-12-23(26)9-8-21-16-3-1-2-4-17(16)22-19(25)6-5-14(20(21)22)15(13)11-18(21)23/h1-5,7,15,18,20,24H,6,8-12H2/b13-7-/t15-,18-,20-,21+,23?/m0/s1. The summed E-state index contributed by atoms with van der Waals surface area (Å²) in [5.41, 5.74) is 4.37. The number of hydroxylamine groups is 3. The molecule has 1 amide bonds. The van der Waals surface area contributed by atoms with Crippen molar-refractivity contribution in [3.8, 4) is 0 Å². The fourth-order valence-corrected chi connectivity index (χ4v) is 6.88. The summed E-state index contributed by atoms with van der Waals surface area (Å²) in [6.45, 7) is 1.06. The Morgan fingerprint density at radius 2 is 2.23 bits per heavy atom. The van der Waals surface area contributed by atoms with Crippen molar-refractivity contribution in [2.75, 3.05) is 24.6 Å². The summed E-state index contributed by atoms with van der Waals surface area (Å²) in [5, 5.41) is 23.3. The first-order valence-electron chi connectivity index (χ1n) is 9.59. The van der Waals surface area contributed by atoms with E-state index < -0.39 is 0 Å². The minimum atomic E-state index is -0.235. The van der Waals surface area contributed by atoms with E-state index in [4.69, 9.17) is 0 Å². The van der Waals surface area contributed by atoms with E-state index in [-0.39, 0.29) is 40.6 Å². The van der Waals surface area contributed by atoms with Crippen LogP contribution in [-0.4, -0.2) is 47.4 Å². The summed E-state index contributed by atoms with van der Waals surface area (Å²) < 4.78 is -0.192. The molecule has 1 aromatic rings. The summed E-state index contributed by atoms with van der Waals surface area (Å²) in [5.74, 6) is 0.347. The first kappa shape index (κ1) is 15.1. The minimum absolute atomic E-state index is 0.00235. The van der Waals surface area contributed by atoms with Crippen molar-refractivity contribution in [3.63, 3.8) is 0 Å². The van der Waals surface area contributed by atoms with E-state index in [0.717, 1.165) is 24.1 Å². The number of hydrogen-bond acceptors (Lipinski definition) is 3. The SMILES string of the molecule is O=C1CC=C2[C@H]3C[C@H]4[C@@]5(CC[N+]4([O-])C/C3=C/CO)c3ccccc3N1[C@@H]25. The van der Waals surface area contributed by atoms with Crippen molar-refractivity contribution in [2.24, 2.45) is 5.92 Å². The first-order chi connectivity index (χ1) is 12.6. The van der Waals surface area contributed by atoms with Crippen LogP contribution in [0.3, 0.4) is 0 Å². The fourth-order valence-electron chi connectivity index (χ4n) is 6.88. The monoisotopic (exact) mass is 350 g/mol. The Bertz CT molecular complexity index is 906. The second kappa shape index (κ2) is 4.66. The second-order valence-electron chi connectivity index (χ2n) is 8.48. The lowest BCUT2D eigenvalue weighted by Gasteiger charge is -2.59. The Kier molecular flexibility index (Phi) is 2.71. The molecule has 1 saturated carbocycles. The highest BCUT2D eigenvalue weighted by molar-refractivity contribution is 6.00. The highest BCUT2D eigenvalue weighted by atomic mass is 16.5. The van der Waals surface area contributed by atoms with Gasteiger partial charge in [-0.1, -0.05) is 30.4 Å². The van der Waals surface area contributed by atoms with Crippen LogP contribution in [0.5, 0.6) is 0 Å². The number of quaternary nitrogens is 1. The number of rotatable bonds is 1. The van der Waals surface area contributed by atoms with Gasteiger partial charge in [-0.25, -0.2) is 0 Å². The molecule has 5 atom stereocenters.